The second-order valence-electron chi connectivity index (χ2n) is 5.23. The van der Waals surface area contributed by atoms with Crippen LogP contribution in [0.5, 0.6) is 0 Å². The van der Waals surface area contributed by atoms with Crippen molar-refractivity contribution in [3.8, 4) is 0 Å². The lowest BCUT2D eigenvalue weighted by molar-refractivity contribution is 0.0691. The van der Waals surface area contributed by atoms with Crippen LogP contribution in [0.3, 0.4) is 0 Å². The first-order valence-corrected chi connectivity index (χ1v) is 7.76. The first-order chi connectivity index (χ1) is 11.1. The summed E-state index contributed by atoms with van der Waals surface area (Å²) in [5.74, 6) is -0.920. The molecule has 2 rings (SSSR count). The lowest BCUT2D eigenvalue weighted by Crippen LogP contribution is -2.32. The van der Waals surface area contributed by atoms with Gasteiger partial charge in [0.1, 0.15) is 11.3 Å². The zero-order valence-corrected chi connectivity index (χ0v) is 13.4. The number of nitrogens with zero attached hydrogens (tertiary/aromatic N) is 1. The second kappa shape index (κ2) is 7.63. The third kappa shape index (κ3) is 4.00. The highest BCUT2D eigenvalue weighted by atomic mass is 16.4. The molecule has 5 nitrogen and oxygen atoms in total. The fraction of sp³-hybridized carbons (Fsp3) is 0.333. The average molecular weight is 315 g/mol. The minimum absolute atomic E-state index is 0.0648. The van der Waals surface area contributed by atoms with E-state index in [0.717, 1.165) is 12.0 Å². The van der Waals surface area contributed by atoms with Gasteiger partial charge >= 0.3 is 5.97 Å². The Bertz CT molecular complexity index is 676. The van der Waals surface area contributed by atoms with Crippen LogP contribution in [-0.4, -0.2) is 35.0 Å². The van der Waals surface area contributed by atoms with Gasteiger partial charge in [-0.05, 0) is 18.9 Å². The van der Waals surface area contributed by atoms with Gasteiger partial charge in [0.05, 0.1) is 0 Å². The molecule has 1 aromatic carbocycles. The van der Waals surface area contributed by atoms with E-state index in [2.05, 4.69) is 0 Å². The Kier molecular flexibility index (Phi) is 5.57. The quantitative estimate of drug-likeness (QED) is 0.851. The summed E-state index contributed by atoms with van der Waals surface area (Å²) in [5.41, 5.74) is 1.22. The van der Waals surface area contributed by atoms with Gasteiger partial charge in [0.25, 0.3) is 5.91 Å². The molecule has 1 amide bonds. The Hall–Kier alpha value is -2.56. The van der Waals surface area contributed by atoms with Crippen LogP contribution >= 0.6 is 0 Å². The van der Waals surface area contributed by atoms with E-state index < -0.39 is 5.97 Å². The van der Waals surface area contributed by atoms with Crippen LogP contribution in [-0.2, 0) is 12.8 Å². The zero-order valence-electron chi connectivity index (χ0n) is 13.4. The SMILES string of the molecule is CCc1oc(C(=O)N(CC)CCc2ccccc2)cc1C(=O)O. The van der Waals surface area contributed by atoms with E-state index in [1.807, 2.05) is 37.3 Å². The molecule has 0 radical (unpaired) electrons. The number of hydrogen-bond acceptors (Lipinski definition) is 3. The lowest BCUT2D eigenvalue weighted by atomic mass is 10.1. The second-order valence-corrected chi connectivity index (χ2v) is 5.23. The highest BCUT2D eigenvalue weighted by Crippen LogP contribution is 2.18. The molecular weight excluding hydrogens is 294 g/mol. The Morgan fingerprint density at radius 2 is 1.87 bits per heavy atom. The Balaban J connectivity index is 2.12. The van der Waals surface area contributed by atoms with Gasteiger partial charge in [0.15, 0.2) is 5.76 Å². The molecule has 1 aromatic heterocycles. The van der Waals surface area contributed by atoms with E-state index in [9.17, 15) is 9.59 Å². The van der Waals surface area contributed by atoms with Gasteiger partial charge in [-0.1, -0.05) is 37.3 Å². The number of aromatic carboxylic acids is 1. The van der Waals surface area contributed by atoms with E-state index in [-0.39, 0.29) is 17.2 Å². The van der Waals surface area contributed by atoms with Crippen molar-refractivity contribution in [1.29, 1.82) is 0 Å². The molecule has 0 spiro atoms. The number of furan rings is 1. The Morgan fingerprint density at radius 3 is 2.39 bits per heavy atom. The monoisotopic (exact) mass is 315 g/mol. The largest absolute Gasteiger partial charge is 0.478 e. The van der Waals surface area contributed by atoms with Gasteiger partial charge < -0.3 is 14.4 Å². The predicted molar refractivity (Wildman–Crippen MR) is 86.8 cm³/mol. The number of carbonyl (C=O) groups is 2. The number of aryl methyl sites for hydroxylation is 1. The molecule has 0 atom stereocenters. The molecular formula is C18H21NO4. The van der Waals surface area contributed by atoms with Crippen molar-refractivity contribution in [2.45, 2.75) is 26.7 Å². The first kappa shape index (κ1) is 16.8. The zero-order chi connectivity index (χ0) is 16.8. The maximum atomic E-state index is 12.5. The number of hydrogen-bond donors (Lipinski definition) is 1. The normalized spacial score (nSPS) is 10.5. The molecule has 0 aliphatic rings. The van der Waals surface area contributed by atoms with E-state index in [0.29, 0.717) is 25.3 Å². The summed E-state index contributed by atoms with van der Waals surface area (Å²) in [6, 6.07) is 11.2. The summed E-state index contributed by atoms with van der Waals surface area (Å²) < 4.78 is 5.45. The van der Waals surface area contributed by atoms with Gasteiger partial charge in [-0.3, -0.25) is 4.79 Å². The van der Waals surface area contributed by atoms with Crippen molar-refractivity contribution < 1.29 is 19.1 Å². The number of carbonyl (C=O) groups excluding carboxylic acids is 1. The molecule has 2 aromatic rings. The molecule has 0 unspecified atom stereocenters. The minimum atomic E-state index is -1.07. The minimum Gasteiger partial charge on any atom is -0.478 e. The van der Waals surface area contributed by atoms with Crippen LogP contribution in [0.15, 0.2) is 40.8 Å². The number of carboxylic acids is 1. The van der Waals surface area contributed by atoms with E-state index in [4.69, 9.17) is 9.52 Å². The standard InChI is InChI=1S/C18H21NO4/c1-3-15-14(18(21)22)12-16(23-15)17(20)19(4-2)11-10-13-8-6-5-7-9-13/h5-9,12H,3-4,10-11H2,1-2H3,(H,21,22). The van der Waals surface area contributed by atoms with E-state index >= 15 is 0 Å². The van der Waals surface area contributed by atoms with Crippen molar-refractivity contribution in [3.05, 3.63) is 59.0 Å². The summed E-state index contributed by atoms with van der Waals surface area (Å²) >= 11 is 0. The third-order valence-corrected chi connectivity index (χ3v) is 3.75. The Morgan fingerprint density at radius 1 is 1.17 bits per heavy atom. The van der Waals surface area contributed by atoms with Gasteiger partial charge in [-0.15, -0.1) is 0 Å². The van der Waals surface area contributed by atoms with Crippen molar-refractivity contribution in [3.63, 3.8) is 0 Å². The summed E-state index contributed by atoms with van der Waals surface area (Å²) in [6.45, 7) is 4.79. The molecule has 0 fully saturated rings. The molecule has 0 saturated heterocycles. The smallest absolute Gasteiger partial charge is 0.339 e. The number of amides is 1. The van der Waals surface area contributed by atoms with Gasteiger partial charge in [-0.25, -0.2) is 4.79 Å². The summed E-state index contributed by atoms with van der Waals surface area (Å²) in [7, 11) is 0. The summed E-state index contributed by atoms with van der Waals surface area (Å²) in [6.07, 6.45) is 1.18. The lowest BCUT2D eigenvalue weighted by Gasteiger charge is -2.19. The van der Waals surface area contributed by atoms with Crippen LogP contribution in [0, 0.1) is 0 Å². The van der Waals surface area contributed by atoms with Gasteiger partial charge in [-0.2, -0.15) is 0 Å². The van der Waals surface area contributed by atoms with Crippen LogP contribution < -0.4 is 0 Å². The van der Waals surface area contributed by atoms with Crippen LogP contribution in [0.4, 0.5) is 0 Å². The highest BCUT2D eigenvalue weighted by molar-refractivity contribution is 5.96. The maximum absolute atomic E-state index is 12.5. The molecule has 23 heavy (non-hydrogen) atoms. The van der Waals surface area contributed by atoms with Crippen LogP contribution in [0.25, 0.3) is 0 Å². The number of benzene rings is 1. The van der Waals surface area contributed by atoms with Crippen molar-refractivity contribution in [2.24, 2.45) is 0 Å². The fourth-order valence-corrected chi connectivity index (χ4v) is 2.45. The van der Waals surface area contributed by atoms with Gasteiger partial charge in [0.2, 0.25) is 0 Å². The van der Waals surface area contributed by atoms with E-state index in [1.165, 1.54) is 6.07 Å². The molecule has 1 N–H and O–H groups in total. The van der Waals surface area contributed by atoms with Crippen LogP contribution in [0.2, 0.25) is 0 Å². The molecule has 0 aliphatic heterocycles. The Labute approximate surface area is 135 Å². The fourth-order valence-electron chi connectivity index (χ4n) is 2.45. The molecule has 0 aliphatic carbocycles. The third-order valence-electron chi connectivity index (χ3n) is 3.75. The number of likely N-dealkylation sites (N-methyl/N-ethyl adjacent to an activating group) is 1. The van der Waals surface area contributed by atoms with Crippen molar-refractivity contribution >= 4 is 11.9 Å². The molecule has 0 bridgehead atoms. The first-order valence-electron chi connectivity index (χ1n) is 7.76. The van der Waals surface area contributed by atoms with Crippen molar-refractivity contribution in [2.75, 3.05) is 13.1 Å². The van der Waals surface area contributed by atoms with Crippen molar-refractivity contribution in [1.82, 2.24) is 4.90 Å². The number of rotatable bonds is 7. The molecule has 122 valence electrons. The highest BCUT2D eigenvalue weighted by Gasteiger charge is 2.23. The summed E-state index contributed by atoms with van der Waals surface area (Å²) in [4.78, 5) is 25.4. The van der Waals surface area contributed by atoms with E-state index in [1.54, 1.807) is 11.8 Å². The maximum Gasteiger partial charge on any atom is 0.339 e. The molecule has 5 heteroatoms. The molecule has 0 saturated carbocycles. The number of carboxylic acid groups (broad SMARTS) is 1. The van der Waals surface area contributed by atoms with Crippen LogP contribution in [0.1, 0.15) is 46.1 Å². The molecule has 1 heterocycles. The average Bonchev–Trinajstić information content (AvgIpc) is 3.01. The predicted octanol–water partition coefficient (Wildman–Crippen LogP) is 3.25. The van der Waals surface area contributed by atoms with Gasteiger partial charge in [0, 0.05) is 25.6 Å². The summed E-state index contributed by atoms with van der Waals surface area (Å²) in [5, 5.41) is 9.15. The topological polar surface area (TPSA) is 70.8 Å².